The van der Waals surface area contributed by atoms with Gasteiger partial charge in [0.25, 0.3) is 5.09 Å². The van der Waals surface area contributed by atoms with E-state index in [4.69, 9.17) is 33.2 Å². The summed E-state index contributed by atoms with van der Waals surface area (Å²) >= 11 is 0. The van der Waals surface area contributed by atoms with Gasteiger partial charge in [-0.2, -0.15) is 0 Å². The number of hydrogen-bond acceptors (Lipinski definition) is 13. The number of para-hydroxylation sites is 2. The van der Waals surface area contributed by atoms with Gasteiger partial charge in [0.05, 0.1) is 33.5 Å². The Morgan fingerprint density at radius 2 is 1.56 bits per heavy atom. The van der Waals surface area contributed by atoms with Crippen LogP contribution in [-0.2, 0) is 19.2 Å². The minimum atomic E-state index is -0.923. The first-order valence-corrected chi connectivity index (χ1v) is 17.0. The van der Waals surface area contributed by atoms with E-state index in [1.54, 1.807) is 44.6 Å². The van der Waals surface area contributed by atoms with Crippen LogP contribution >= 0.6 is 0 Å². The summed E-state index contributed by atoms with van der Waals surface area (Å²) in [7, 11) is 4.52. The van der Waals surface area contributed by atoms with Gasteiger partial charge in [-0.15, -0.1) is 10.1 Å². The van der Waals surface area contributed by atoms with Crippen LogP contribution in [0, 0.1) is 10.1 Å². The molecule has 5 rings (SSSR count). The maximum absolute atomic E-state index is 13.1. The van der Waals surface area contributed by atoms with E-state index in [0.717, 1.165) is 21.8 Å². The standard InChI is InChI=1S/C39H41N3O12/c1-47-33-13-7-14-34(48-2)39(33)50-22-20-40-24-27(25-51-32-12-6-11-30-38(32)28-9-4-5-10-29(28)41-30)53-37(44)19-17-26-16-18-31(35(23-26)49-3)54-36(43)15-8-21-52-42(45)46/h4-7,9-14,16-19,23,27,40-41H,8,15,20-22,24-25H2,1-3H3/b19-17+. The van der Waals surface area contributed by atoms with Crippen molar-refractivity contribution in [1.82, 2.24) is 10.3 Å². The SMILES string of the molecule is COc1cc(/C=C/C(=O)OC(CNCCOc2c(OC)cccc2OC)COc2cccc3[nH]c4ccccc4c23)ccc1OC(=O)CCCO[N+](=O)[O-]. The third-order valence-corrected chi connectivity index (χ3v) is 8.02. The number of carbonyl (C=O) groups excluding carboxylic acids is 2. The van der Waals surface area contributed by atoms with Crippen LogP contribution in [0.1, 0.15) is 18.4 Å². The first-order chi connectivity index (χ1) is 26.3. The van der Waals surface area contributed by atoms with Gasteiger partial charge in [-0.1, -0.05) is 36.4 Å². The number of benzene rings is 4. The zero-order valence-corrected chi connectivity index (χ0v) is 30.0. The fourth-order valence-corrected chi connectivity index (χ4v) is 5.52. The van der Waals surface area contributed by atoms with Crippen LogP contribution < -0.4 is 33.7 Å². The van der Waals surface area contributed by atoms with Crippen LogP contribution in [0.4, 0.5) is 0 Å². The molecular weight excluding hydrogens is 702 g/mol. The zero-order valence-electron chi connectivity index (χ0n) is 30.0. The molecule has 0 amide bonds. The molecule has 2 N–H and O–H groups in total. The molecule has 0 saturated carbocycles. The zero-order chi connectivity index (χ0) is 38.3. The number of fused-ring (bicyclic) bond motifs is 3. The van der Waals surface area contributed by atoms with Crippen molar-refractivity contribution in [3.63, 3.8) is 0 Å². The molecule has 54 heavy (non-hydrogen) atoms. The number of nitrogens with one attached hydrogen (secondary N) is 2. The Labute approximate surface area is 310 Å². The van der Waals surface area contributed by atoms with E-state index in [1.165, 1.54) is 25.3 Å². The second-order valence-corrected chi connectivity index (χ2v) is 11.6. The van der Waals surface area contributed by atoms with Gasteiger partial charge in [0, 0.05) is 41.9 Å². The van der Waals surface area contributed by atoms with Gasteiger partial charge >= 0.3 is 11.9 Å². The summed E-state index contributed by atoms with van der Waals surface area (Å²) in [5.41, 5.74) is 2.47. The van der Waals surface area contributed by atoms with Crippen molar-refractivity contribution in [3.05, 3.63) is 101 Å². The lowest BCUT2D eigenvalue weighted by molar-refractivity contribution is -0.757. The second-order valence-electron chi connectivity index (χ2n) is 11.6. The third kappa shape index (κ3) is 10.5. The van der Waals surface area contributed by atoms with Gasteiger partial charge in [0.1, 0.15) is 25.1 Å². The molecule has 1 atom stereocenters. The monoisotopic (exact) mass is 743 g/mol. The van der Waals surface area contributed by atoms with Crippen molar-refractivity contribution in [3.8, 4) is 34.5 Å². The topological polar surface area (TPSA) is 179 Å². The van der Waals surface area contributed by atoms with Crippen molar-refractivity contribution in [1.29, 1.82) is 0 Å². The highest BCUT2D eigenvalue weighted by Gasteiger charge is 2.18. The molecule has 1 aromatic heterocycles. The highest BCUT2D eigenvalue weighted by atomic mass is 16.9. The summed E-state index contributed by atoms with van der Waals surface area (Å²) in [4.78, 5) is 43.2. The number of rotatable bonds is 21. The largest absolute Gasteiger partial charge is 0.493 e. The highest BCUT2D eigenvalue weighted by molar-refractivity contribution is 6.10. The van der Waals surface area contributed by atoms with Gasteiger partial charge in [0.15, 0.2) is 23.0 Å². The van der Waals surface area contributed by atoms with Gasteiger partial charge in [-0.05, 0) is 60.5 Å². The summed E-state index contributed by atoms with van der Waals surface area (Å²) in [5, 5.41) is 14.6. The number of nitrogens with zero attached hydrogens (tertiary/aromatic N) is 1. The van der Waals surface area contributed by atoms with Gasteiger partial charge in [0.2, 0.25) is 5.75 Å². The Balaban J connectivity index is 1.23. The third-order valence-electron chi connectivity index (χ3n) is 8.02. The van der Waals surface area contributed by atoms with E-state index >= 15 is 0 Å². The van der Waals surface area contributed by atoms with Crippen molar-refractivity contribution < 1.29 is 52.7 Å². The molecule has 284 valence electrons. The molecule has 0 aliphatic rings. The van der Waals surface area contributed by atoms with E-state index in [0.29, 0.717) is 35.1 Å². The normalized spacial score (nSPS) is 11.6. The van der Waals surface area contributed by atoms with Crippen LogP contribution in [0.2, 0.25) is 0 Å². The fourth-order valence-electron chi connectivity index (χ4n) is 5.52. The molecule has 5 aromatic rings. The van der Waals surface area contributed by atoms with Crippen LogP contribution in [0.3, 0.4) is 0 Å². The van der Waals surface area contributed by atoms with Gasteiger partial charge < -0.3 is 48.3 Å². The number of esters is 2. The van der Waals surface area contributed by atoms with Crippen molar-refractivity contribution in [2.75, 3.05) is 54.2 Å². The smallest absolute Gasteiger partial charge is 0.331 e. The van der Waals surface area contributed by atoms with E-state index in [9.17, 15) is 19.7 Å². The molecule has 15 nitrogen and oxygen atoms in total. The maximum atomic E-state index is 13.1. The second kappa shape index (κ2) is 19.4. The number of ether oxygens (including phenoxy) is 7. The van der Waals surface area contributed by atoms with E-state index in [-0.39, 0.29) is 50.7 Å². The molecule has 0 saturated heterocycles. The first kappa shape index (κ1) is 38.7. The molecule has 4 aromatic carbocycles. The number of aromatic amines is 1. The number of H-pyrrole nitrogens is 1. The predicted molar refractivity (Wildman–Crippen MR) is 199 cm³/mol. The number of aromatic nitrogens is 1. The Bertz CT molecular complexity index is 2060. The van der Waals surface area contributed by atoms with E-state index < -0.39 is 23.1 Å². The average Bonchev–Trinajstić information content (AvgIpc) is 3.57. The van der Waals surface area contributed by atoms with Crippen LogP contribution in [0.15, 0.2) is 84.9 Å². The highest BCUT2D eigenvalue weighted by Crippen LogP contribution is 2.37. The molecule has 1 unspecified atom stereocenters. The summed E-state index contributed by atoms with van der Waals surface area (Å²) in [6.45, 7) is 0.763. The van der Waals surface area contributed by atoms with Crippen molar-refractivity contribution in [2.24, 2.45) is 0 Å². The molecule has 0 bridgehead atoms. The van der Waals surface area contributed by atoms with Gasteiger partial charge in [-0.25, -0.2) is 4.79 Å². The molecule has 0 spiro atoms. The Hall–Kier alpha value is -6.48. The average molecular weight is 744 g/mol. The lowest BCUT2D eigenvalue weighted by Gasteiger charge is -2.19. The quantitative estimate of drug-likeness (QED) is 0.0226. The summed E-state index contributed by atoms with van der Waals surface area (Å²) < 4.78 is 39.6. The molecule has 15 heteroatoms. The minimum absolute atomic E-state index is 0.0540. The number of hydrogen-bond donors (Lipinski definition) is 2. The van der Waals surface area contributed by atoms with Crippen molar-refractivity contribution >= 4 is 39.8 Å². The lowest BCUT2D eigenvalue weighted by atomic mass is 10.1. The van der Waals surface area contributed by atoms with Crippen LogP contribution in [-0.4, -0.2) is 82.4 Å². The lowest BCUT2D eigenvalue weighted by Crippen LogP contribution is -2.37. The number of carbonyl (C=O) groups is 2. The van der Waals surface area contributed by atoms with E-state index in [1.807, 2.05) is 42.5 Å². The minimum Gasteiger partial charge on any atom is -0.493 e. The van der Waals surface area contributed by atoms with Gasteiger partial charge in [-0.3, -0.25) is 4.79 Å². The van der Waals surface area contributed by atoms with E-state index in [2.05, 4.69) is 15.1 Å². The molecular formula is C39H41N3O12. The molecule has 0 aliphatic heterocycles. The Morgan fingerprint density at radius 1 is 0.833 bits per heavy atom. The Kier molecular flexibility index (Phi) is 13.9. The van der Waals surface area contributed by atoms with Crippen molar-refractivity contribution in [2.45, 2.75) is 18.9 Å². The maximum Gasteiger partial charge on any atom is 0.331 e. The Morgan fingerprint density at radius 3 is 2.31 bits per heavy atom. The molecule has 0 fully saturated rings. The number of methoxy groups -OCH3 is 3. The summed E-state index contributed by atoms with van der Waals surface area (Å²) in [5.74, 6) is 1.38. The molecule has 0 radical (unpaired) electrons. The predicted octanol–water partition coefficient (Wildman–Crippen LogP) is 5.91. The molecule has 0 aliphatic carbocycles. The molecule has 1 heterocycles. The van der Waals surface area contributed by atoms with Crippen LogP contribution in [0.25, 0.3) is 27.9 Å². The first-order valence-electron chi connectivity index (χ1n) is 17.0. The summed E-state index contributed by atoms with van der Waals surface area (Å²) in [6, 6.07) is 23.8. The fraction of sp³-hybridized carbons (Fsp3) is 0.282. The van der Waals surface area contributed by atoms with Crippen LogP contribution in [0.5, 0.6) is 34.5 Å². The summed E-state index contributed by atoms with van der Waals surface area (Å²) in [6.07, 6.45) is 2.13.